The summed E-state index contributed by atoms with van der Waals surface area (Å²) in [6.07, 6.45) is 5.04. The van der Waals surface area contributed by atoms with E-state index in [0.717, 1.165) is 5.57 Å². The van der Waals surface area contributed by atoms with E-state index in [1.807, 2.05) is 12.2 Å². The van der Waals surface area contributed by atoms with Crippen LogP contribution in [0.4, 0.5) is 0 Å². The fourth-order valence-electron chi connectivity index (χ4n) is 1.09. The minimum absolute atomic E-state index is 0.155. The Morgan fingerprint density at radius 1 is 1.50 bits per heavy atom. The van der Waals surface area contributed by atoms with Crippen molar-refractivity contribution in [3.05, 3.63) is 23.9 Å². The topological polar surface area (TPSA) is 56.5 Å². The zero-order valence-electron chi connectivity index (χ0n) is 7.28. The molecule has 12 heavy (non-hydrogen) atoms. The number of hydrogen-bond donors (Lipinski definition) is 2. The van der Waals surface area contributed by atoms with E-state index in [1.54, 1.807) is 20.4 Å². The molecule has 4 heteroatoms. The quantitative estimate of drug-likeness (QED) is 0.582. The van der Waals surface area contributed by atoms with Crippen molar-refractivity contribution < 1.29 is 9.47 Å². The molecule has 0 fully saturated rings. The van der Waals surface area contributed by atoms with Crippen molar-refractivity contribution in [3.63, 3.8) is 0 Å². The number of ether oxygens (including phenoxy) is 2. The Balaban J connectivity index is 2.65. The summed E-state index contributed by atoms with van der Waals surface area (Å²) in [6, 6.07) is 0. The SMILES string of the molecule is COC(OC)C1=CC(N)NC=C1. The molecule has 68 valence electrons. The molecule has 0 saturated heterocycles. The summed E-state index contributed by atoms with van der Waals surface area (Å²) in [5.41, 5.74) is 6.56. The molecule has 1 unspecified atom stereocenters. The van der Waals surface area contributed by atoms with Gasteiger partial charge in [0.2, 0.25) is 0 Å². The minimum atomic E-state index is -0.325. The fraction of sp³-hybridized carbons (Fsp3) is 0.500. The second-order valence-corrected chi connectivity index (χ2v) is 2.50. The van der Waals surface area contributed by atoms with Crippen LogP contribution in [0.5, 0.6) is 0 Å². The van der Waals surface area contributed by atoms with Crippen LogP contribution >= 0.6 is 0 Å². The molecule has 0 saturated carbocycles. The van der Waals surface area contributed by atoms with E-state index < -0.39 is 0 Å². The van der Waals surface area contributed by atoms with Crippen LogP contribution in [0.15, 0.2) is 23.9 Å². The van der Waals surface area contributed by atoms with Gasteiger partial charge in [0.25, 0.3) is 0 Å². The molecule has 0 spiro atoms. The van der Waals surface area contributed by atoms with Crippen LogP contribution in [0.3, 0.4) is 0 Å². The lowest BCUT2D eigenvalue weighted by Gasteiger charge is -2.20. The Morgan fingerprint density at radius 3 is 2.67 bits per heavy atom. The fourth-order valence-corrected chi connectivity index (χ4v) is 1.09. The summed E-state index contributed by atoms with van der Waals surface area (Å²) >= 11 is 0. The van der Waals surface area contributed by atoms with Crippen molar-refractivity contribution in [2.24, 2.45) is 5.73 Å². The minimum Gasteiger partial charge on any atom is -0.373 e. The van der Waals surface area contributed by atoms with E-state index in [4.69, 9.17) is 15.2 Å². The summed E-state index contributed by atoms with van der Waals surface area (Å²) in [5.74, 6) is 0. The molecular weight excluding hydrogens is 156 g/mol. The van der Waals surface area contributed by atoms with Crippen molar-refractivity contribution in [3.8, 4) is 0 Å². The van der Waals surface area contributed by atoms with Gasteiger partial charge in [0.1, 0.15) is 0 Å². The second kappa shape index (κ2) is 4.25. The Hall–Kier alpha value is -0.840. The van der Waals surface area contributed by atoms with Gasteiger partial charge in [-0.1, -0.05) is 0 Å². The highest BCUT2D eigenvalue weighted by atomic mass is 16.7. The average molecular weight is 170 g/mol. The first-order chi connectivity index (χ1) is 5.77. The van der Waals surface area contributed by atoms with E-state index in [9.17, 15) is 0 Å². The highest BCUT2D eigenvalue weighted by Crippen LogP contribution is 2.11. The Morgan fingerprint density at radius 2 is 2.17 bits per heavy atom. The number of nitrogens with two attached hydrogens (primary N) is 1. The molecule has 0 aliphatic carbocycles. The van der Waals surface area contributed by atoms with Crippen molar-refractivity contribution in [1.29, 1.82) is 0 Å². The van der Waals surface area contributed by atoms with Crippen LogP contribution in [0.2, 0.25) is 0 Å². The van der Waals surface area contributed by atoms with Gasteiger partial charge in [-0.05, 0) is 18.4 Å². The van der Waals surface area contributed by atoms with E-state index in [2.05, 4.69) is 5.32 Å². The summed E-state index contributed by atoms with van der Waals surface area (Å²) in [6.45, 7) is 0. The number of nitrogens with one attached hydrogen (secondary N) is 1. The standard InChI is InChI=1S/C8H14N2O2/c1-11-8(12-2)6-3-4-10-7(9)5-6/h3-5,7-8,10H,9H2,1-2H3. The smallest absolute Gasteiger partial charge is 0.182 e. The van der Waals surface area contributed by atoms with Crippen LogP contribution < -0.4 is 11.1 Å². The lowest BCUT2D eigenvalue weighted by Crippen LogP contribution is -2.35. The molecule has 0 aromatic rings. The highest BCUT2D eigenvalue weighted by Gasteiger charge is 2.13. The third-order valence-corrected chi connectivity index (χ3v) is 1.64. The molecule has 4 nitrogen and oxygen atoms in total. The Labute approximate surface area is 72.0 Å². The summed E-state index contributed by atoms with van der Waals surface area (Å²) in [4.78, 5) is 0. The predicted molar refractivity (Wildman–Crippen MR) is 46.1 cm³/mol. The normalized spacial score (nSPS) is 22.3. The number of hydrogen-bond acceptors (Lipinski definition) is 4. The Bertz CT molecular complexity index is 197. The number of methoxy groups -OCH3 is 2. The first-order valence-electron chi connectivity index (χ1n) is 3.73. The molecule has 0 bridgehead atoms. The monoisotopic (exact) mass is 170 g/mol. The molecule has 1 aliphatic rings. The lowest BCUT2D eigenvalue weighted by molar-refractivity contribution is -0.0729. The highest BCUT2D eigenvalue weighted by molar-refractivity contribution is 5.26. The van der Waals surface area contributed by atoms with E-state index in [0.29, 0.717) is 0 Å². The zero-order valence-corrected chi connectivity index (χ0v) is 7.28. The Kier molecular flexibility index (Phi) is 3.28. The van der Waals surface area contributed by atoms with E-state index >= 15 is 0 Å². The average Bonchev–Trinajstić information content (AvgIpc) is 2.07. The predicted octanol–water partition coefficient (Wildman–Crippen LogP) is -0.0666. The molecule has 1 rings (SSSR count). The molecule has 1 aliphatic heterocycles. The molecule has 1 atom stereocenters. The van der Waals surface area contributed by atoms with Gasteiger partial charge in [-0.25, -0.2) is 0 Å². The summed E-state index contributed by atoms with van der Waals surface area (Å²) < 4.78 is 10.1. The van der Waals surface area contributed by atoms with Crippen LogP contribution in [-0.4, -0.2) is 26.7 Å². The molecule has 0 aromatic carbocycles. The maximum atomic E-state index is 5.62. The van der Waals surface area contributed by atoms with Gasteiger partial charge in [0.05, 0.1) is 6.17 Å². The van der Waals surface area contributed by atoms with Gasteiger partial charge in [-0.15, -0.1) is 0 Å². The van der Waals surface area contributed by atoms with Crippen LogP contribution in [-0.2, 0) is 9.47 Å². The van der Waals surface area contributed by atoms with Crippen molar-refractivity contribution in [1.82, 2.24) is 5.32 Å². The molecular formula is C8H14N2O2. The number of dihydropyridines is 1. The van der Waals surface area contributed by atoms with Gasteiger partial charge in [0, 0.05) is 19.8 Å². The van der Waals surface area contributed by atoms with Gasteiger partial charge in [-0.2, -0.15) is 0 Å². The number of rotatable bonds is 3. The van der Waals surface area contributed by atoms with Crippen molar-refractivity contribution in [2.75, 3.05) is 14.2 Å². The maximum absolute atomic E-state index is 5.62. The van der Waals surface area contributed by atoms with E-state index in [-0.39, 0.29) is 12.5 Å². The van der Waals surface area contributed by atoms with Crippen molar-refractivity contribution in [2.45, 2.75) is 12.5 Å². The largest absolute Gasteiger partial charge is 0.373 e. The first-order valence-corrected chi connectivity index (χ1v) is 3.73. The third kappa shape index (κ3) is 2.07. The van der Waals surface area contributed by atoms with Gasteiger partial charge >= 0.3 is 0 Å². The van der Waals surface area contributed by atoms with Gasteiger partial charge < -0.3 is 20.5 Å². The first kappa shape index (κ1) is 9.25. The second-order valence-electron chi connectivity index (χ2n) is 2.50. The molecule has 1 heterocycles. The van der Waals surface area contributed by atoms with Gasteiger partial charge in [-0.3, -0.25) is 0 Å². The summed E-state index contributed by atoms with van der Waals surface area (Å²) in [5, 5.41) is 2.92. The lowest BCUT2D eigenvalue weighted by atomic mass is 10.2. The molecule has 0 amide bonds. The van der Waals surface area contributed by atoms with Crippen molar-refractivity contribution >= 4 is 0 Å². The van der Waals surface area contributed by atoms with E-state index in [1.165, 1.54) is 0 Å². The molecule has 3 N–H and O–H groups in total. The van der Waals surface area contributed by atoms with Crippen LogP contribution in [0, 0.1) is 0 Å². The third-order valence-electron chi connectivity index (χ3n) is 1.64. The maximum Gasteiger partial charge on any atom is 0.182 e. The van der Waals surface area contributed by atoms with Crippen LogP contribution in [0.1, 0.15) is 0 Å². The molecule has 0 aromatic heterocycles. The van der Waals surface area contributed by atoms with Gasteiger partial charge in [0.15, 0.2) is 6.29 Å². The summed E-state index contributed by atoms with van der Waals surface area (Å²) in [7, 11) is 3.19. The van der Waals surface area contributed by atoms with Crippen LogP contribution in [0.25, 0.3) is 0 Å². The zero-order chi connectivity index (χ0) is 8.97. The molecule has 0 radical (unpaired) electrons.